The van der Waals surface area contributed by atoms with Gasteiger partial charge in [-0.1, -0.05) is 29.8 Å². The summed E-state index contributed by atoms with van der Waals surface area (Å²) in [5, 5.41) is 1.14. The second-order valence-electron chi connectivity index (χ2n) is 5.44. The standard InChI is InChI=1S/C17H22N2O2/c1-12(2)8-9-19-11-13(10-15(18)17(20)21-3)14-6-4-5-7-16(14)19/h4-8,11,15H,9-10,18H2,1-3H3/t15-/m0/s1. The molecule has 0 bridgehead atoms. The molecule has 1 heterocycles. The lowest BCUT2D eigenvalue weighted by atomic mass is 10.1. The molecule has 0 spiro atoms. The number of methoxy groups -OCH3 is 1. The van der Waals surface area contributed by atoms with Crippen LogP contribution in [0.3, 0.4) is 0 Å². The van der Waals surface area contributed by atoms with Gasteiger partial charge in [0.25, 0.3) is 0 Å². The van der Waals surface area contributed by atoms with Gasteiger partial charge in [-0.15, -0.1) is 0 Å². The van der Waals surface area contributed by atoms with Crippen LogP contribution in [0.2, 0.25) is 0 Å². The molecule has 1 aromatic carbocycles. The van der Waals surface area contributed by atoms with Gasteiger partial charge in [0.2, 0.25) is 0 Å². The molecule has 4 heteroatoms. The molecule has 0 aliphatic rings. The molecule has 0 fully saturated rings. The Labute approximate surface area is 125 Å². The number of carbonyl (C=O) groups is 1. The molecule has 0 aliphatic heterocycles. The van der Waals surface area contributed by atoms with Crippen LogP contribution in [0.25, 0.3) is 10.9 Å². The number of allylic oxidation sites excluding steroid dienone is 2. The zero-order chi connectivity index (χ0) is 15.4. The van der Waals surface area contributed by atoms with E-state index in [-0.39, 0.29) is 5.97 Å². The Kier molecular flexibility index (Phi) is 4.81. The predicted molar refractivity (Wildman–Crippen MR) is 85.1 cm³/mol. The zero-order valence-electron chi connectivity index (χ0n) is 12.8. The summed E-state index contributed by atoms with van der Waals surface area (Å²) in [5.41, 5.74) is 9.39. The van der Waals surface area contributed by atoms with Crippen molar-refractivity contribution in [2.45, 2.75) is 32.9 Å². The first-order chi connectivity index (χ1) is 10.0. The van der Waals surface area contributed by atoms with Crippen LogP contribution in [0.1, 0.15) is 19.4 Å². The summed E-state index contributed by atoms with van der Waals surface area (Å²) in [6, 6.07) is 7.54. The molecule has 4 nitrogen and oxygen atoms in total. The molecule has 2 rings (SSSR count). The van der Waals surface area contributed by atoms with Gasteiger partial charge >= 0.3 is 5.97 Å². The minimum Gasteiger partial charge on any atom is -0.468 e. The lowest BCUT2D eigenvalue weighted by molar-refractivity contribution is -0.142. The van der Waals surface area contributed by atoms with Crippen LogP contribution in [0.15, 0.2) is 42.1 Å². The molecule has 21 heavy (non-hydrogen) atoms. The Morgan fingerprint density at radius 1 is 1.38 bits per heavy atom. The first-order valence-electron chi connectivity index (χ1n) is 7.06. The van der Waals surface area contributed by atoms with Crippen LogP contribution in [-0.4, -0.2) is 23.7 Å². The molecular formula is C17H22N2O2. The highest BCUT2D eigenvalue weighted by molar-refractivity contribution is 5.85. The molecule has 0 unspecified atom stereocenters. The predicted octanol–water partition coefficient (Wildman–Crippen LogP) is 2.65. The van der Waals surface area contributed by atoms with Crippen molar-refractivity contribution in [1.29, 1.82) is 0 Å². The first kappa shape index (κ1) is 15.3. The Hall–Kier alpha value is -2.07. The maximum Gasteiger partial charge on any atom is 0.322 e. The molecular weight excluding hydrogens is 264 g/mol. The molecule has 1 atom stereocenters. The fourth-order valence-corrected chi connectivity index (χ4v) is 2.39. The topological polar surface area (TPSA) is 57.2 Å². The van der Waals surface area contributed by atoms with E-state index in [4.69, 9.17) is 10.5 Å². The summed E-state index contributed by atoms with van der Waals surface area (Å²) in [6.07, 6.45) is 4.73. The number of nitrogens with two attached hydrogens (primary N) is 1. The number of hydrogen-bond donors (Lipinski definition) is 1. The maximum atomic E-state index is 11.5. The Morgan fingerprint density at radius 2 is 2.10 bits per heavy atom. The number of para-hydroxylation sites is 1. The van der Waals surface area contributed by atoms with E-state index in [1.54, 1.807) is 0 Å². The number of esters is 1. The fraction of sp³-hybridized carbons (Fsp3) is 0.353. The highest BCUT2D eigenvalue weighted by Gasteiger charge is 2.17. The summed E-state index contributed by atoms with van der Waals surface area (Å²) in [4.78, 5) is 11.5. The van der Waals surface area contributed by atoms with E-state index in [1.807, 2.05) is 12.1 Å². The molecule has 0 aliphatic carbocycles. The van der Waals surface area contributed by atoms with Crippen molar-refractivity contribution in [2.75, 3.05) is 7.11 Å². The Balaban J connectivity index is 2.36. The molecule has 1 aromatic heterocycles. The number of hydrogen-bond acceptors (Lipinski definition) is 3. The summed E-state index contributed by atoms with van der Waals surface area (Å²) < 4.78 is 6.88. The summed E-state index contributed by atoms with van der Waals surface area (Å²) >= 11 is 0. The molecule has 112 valence electrons. The maximum absolute atomic E-state index is 11.5. The molecule has 0 radical (unpaired) electrons. The molecule has 0 saturated carbocycles. The molecule has 0 saturated heterocycles. The summed E-state index contributed by atoms with van der Waals surface area (Å²) in [7, 11) is 1.36. The van der Waals surface area contributed by atoms with Crippen molar-refractivity contribution in [2.24, 2.45) is 5.73 Å². The lowest BCUT2D eigenvalue weighted by Crippen LogP contribution is -2.33. The molecule has 2 N–H and O–H groups in total. The fourth-order valence-electron chi connectivity index (χ4n) is 2.39. The van der Waals surface area contributed by atoms with E-state index in [0.29, 0.717) is 6.42 Å². The van der Waals surface area contributed by atoms with Gasteiger partial charge < -0.3 is 15.0 Å². The second-order valence-corrected chi connectivity index (χ2v) is 5.44. The van der Waals surface area contributed by atoms with Gasteiger partial charge in [-0.25, -0.2) is 0 Å². The second kappa shape index (κ2) is 6.59. The van der Waals surface area contributed by atoms with E-state index >= 15 is 0 Å². The number of carbonyl (C=O) groups excluding carboxylic acids is 1. The van der Waals surface area contributed by atoms with Crippen LogP contribution in [-0.2, 0) is 22.5 Å². The van der Waals surface area contributed by atoms with Crippen LogP contribution >= 0.6 is 0 Å². The van der Waals surface area contributed by atoms with E-state index in [2.05, 4.69) is 42.8 Å². The average molecular weight is 286 g/mol. The third-order valence-corrected chi connectivity index (χ3v) is 3.51. The van der Waals surface area contributed by atoms with Crippen LogP contribution in [0.4, 0.5) is 0 Å². The van der Waals surface area contributed by atoms with Gasteiger partial charge in [-0.2, -0.15) is 0 Å². The largest absolute Gasteiger partial charge is 0.468 e. The van der Waals surface area contributed by atoms with Crippen molar-refractivity contribution >= 4 is 16.9 Å². The lowest BCUT2D eigenvalue weighted by Gasteiger charge is -2.07. The first-order valence-corrected chi connectivity index (χ1v) is 7.06. The molecule has 2 aromatic rings. The number of benzene rings is 1. The van der Waals surface area contributed by atoms with Crippen LogP contribution in [0, 0.1) is 0 Å². The highest BCUT2D eigenvalue weighted by atomic mass is 16.5. The third-order valence-electron chi connectivity index (χ3n) is 3.51. The normalized spacial score (nSPS) is 12.2. The van der Waals surface area contributed by atoms with Gasteiger partial charge in [0.1, 0.15) is 6.04 Å². The number of nitrogens with zero attached hydrogens (tertiary/aromatic N) is 1. The van der Waals surface area contributed by atoms with Crippen LogP contribution in [0.5, 0.6) is 0 Å². The minimum atomic E-state index is -0.627. The number of ether oxygens (including phenoxy) is 1. The Morgan fingerprint density at radius 3 is 2.76 bits per heavy atom. The van der Waals surface area contributed by atoms with Gasteiger partial charge in [0.15, 0.2) is 0 Å². The van der Waals surface area contributed by atoms with Crippen LogP contribution < -0.4 is 5.73 Å². The van der Waals surface area contributed by atoms with Gasteiger partial charge in [-0.05, 0) is 25.5 Å². The van der Waals surface area contributed by atoms with Crippen molar-refractivity contribution in [3.05, 3.63) is 47.7 Å². The van der Waals surface area contributed by atoms with E-state index in [0.717, 1.165) is 23.0 Å². The minimum absolute atomic E-state index is 0.379. The smallest absolute Gasteiger partial charge is 0.322 e. The van der Waals surface area contributed by atoms with E-state index < -0.39 is 6.04 Å². The van der Waals surface area contributed by atoms with Gasteiger partial charge in [0, 0.05) is 30.1 Å². The number of rotatable bonds is 5. The average Bonchev–Trinajstić information content (AvgIpc) is 2.82. The monoisotopic (exact) mass is 286 g/mol. The summed E-state index contributed by atoms with van der Waals surface area (Å²) in [5.74, 6) is -0.379. The van der Waals surface area contributed by atoms with Crippen molar-refractivity contribution in [3.8, 4) is 0 Å². The SMILES string of the molecule is COC(=O)[C@@H](N)Cc1cn(CC=C(C)C)c2ccccc12. The van der Waals surface area contributed by atoms with E-state index in [1.165, 1.54) is 12.7 Å². The van der Waals surface area contributed by atoms with Crippen molar-refractivity contribution < 1.29 is 9.53 Å². The quantitative estimate of drug-likeness (QED) is 0.679. The highest BCUT2D eigenvalue weighted by Crippen LogP contribution is 2.22. The Bertz CT molecular complexity index is 666. The van der Waals surface area contributed by atoms with Crippen molar-refractivity contribution in [3.63, 3.8) is 0 Å². The van der Waals surface area contributed by atoms with Gasteiger partial charge in [0.05, 0.1) is 7.11 Å². The third kappa shape index (κ3) is 3.52. The summed E-state index contributed by atoms with van der Waals surface area (Å²) in [6.45, 7) is 4.98. The number of aromatic nitrogens is 1. The number of fused-ring (bicyclic) bond motifs is 1. The van der Waals surface area contributed by atoms with Crippen molar-refractivity contribution in [1.82, 2.24) is 4.57 Å². The molecule has 0 amide bonds. The zero-order valence-corrected chi connectivity index (χ0v) is 12.8. The van der Waals surface area contributed by atoms with Gasteiger partial charge in [-0.3, -0.25) is 4.79 Å². The van der Waals surface area contributed by atoms with E-state index in [9.17, 15) is 4.79 Å².